The Kier molecular flexibility index (Phi) is 2.78. The van der Waals surface area contributed by atoms with E-state index in [0.29, 0.717) is 5.69 Å². The number of hydrogen-bond acceptors (Lipinski definition) is 2. The first-order valence-electron chi connectivity index (χ1n) is 5.18. The van der Waals surface area contributed by atoms with Crippen LogP contribution in [0.3, 0.4) is 0 Å². The van der Waals surface area contributed by atoms with Crippen LogP contribution < -0.4 is 11.3 Å². The highest BCUT2D eigenvalue weighted by Crippen LogP contribution is 2.21. The Morgan fingerprint density at radius 2 is 1.88 bits per heavy atom. The highest BCUT2D eigenvalue weighted by atomic mass is 16.2. The Morgan fingerprint density at radius 1 is 1.24 bits per heavy atom. The molecule has 0 unspecified atom stereocenters. The van der Waals surface area contributed by atoms with Crippen LogP contribution in [0.25, 0.3) is 11.1 Å². The van der Waals surface area contributed by atoms with E-state index in [0.717, 1.165) is 11.1 Å². The normalized spacial score (nSPS) is 10.2. The number of primary amides is 1. The summed E-state index contributed by atoms with van der Waals surface area (Å²) < 4.78 is 0. The van der Waals surface area contributed by atoms with Gasteiger partial charge in [0, 0.05) is 11.3 Å². The van der Waals surface area contributed by atoms with Crippen molar-refractivity contribution in [2.75, 3.05) is 0 Å². The molecule has 4 heteroatoms. The number of aromatic nitrogens is 1. The van der Waals surface area contributed by atoms with E-state index in [2.05, 4.69) is 4.98 Å². The van der Waals surface area contributed by atoms with Gasteiger partial charge in [0.25, 0.3) is 11.5 Å². The summed E-state index contributed by atoms with van der Waals surface area (Å²) in [5.74, 6) is -0.719. The van der Waals surface area contributed by atoms with Crippen molar-refractivity contribution in [3.05, 3.63) is 58.0 Å². The molecule has 1 aromatic carbocycles. The van der Waals surface area contributed by atoms with E-state index in [4.69, 9.17) is 5.73 Å². The molecular formula is C13H12N2O2. The topological polar surface area (TPSA) is 75.9 Å². The van der Waals surface area contributed by atoms with Gasteiger partial charge in [0.15, 0.2) is 0 Å². The average Bonchev–Trinajstić information content (AvgIpc) is 2.29. The molecule has 0 bridgehead atoms. The lowest BCUT2D eigenvalue weighted by molar-refractivity contribution is 0.0999. The zero-order valence-corrected chi connectivity index (χ0v) is 9.36. The van der Waals surface area contributed by atoms with Crippen molar-refractivity contribution in [3.63, 3.8) is 0 Å². The van der Waals surface area contributed by atoms with Gasteiger partial charge in [-0.25, -0.2) is 0 Å². The van der Waals surface area contributed by atoms with Crippen LogP contribution in [-0.4, -0.2) is 10.9 Å². The number of pyridine rings is 1. The molecule has 0 radical (unpaired) electrons. The number of carbonyl (C=O) groups is 1. The molecule has 0 fully saturated rings. The smallest absolute Gasteiger partial charge is 0.261 e. The number of aryl methyl sites for hydroxylation is 1. The molecule has 1 heterocycles. The first-order chi connectivity index (χ1) is 8.09. The van der Waals surface area contributed by atoms with Crippen molar-refractivity contribution >= 4 is 5.91 Å². The number of benzene rings is 1. The Labute approximate surface area is 98.1 Å². The van der Waals surface area contributed by atoms with E-state index < -0.39 is 11.5 Å². The lowest BCUT2D eigenvalue weighted by Crippen LogP contribution is -2.24. The molecular weight excluding hydrogens is 216 g/mol. The third-order valence-electron chi connectivity index (χ3n) is 2.59. The van der Waals surface area contributed by atoms with Crippen molar-refractivity contribution in [3.8, 4) is 11.1 Å². The largest absolute Gasteiger partial charge is 0.365 e. The lowest BCUT2D eigenvalue weighted by atomic mass is 10.0. The Bertz CT molecular complexity index is 615. The molecule has 86 valence electrons. The van der Waals surface area contributed by atoms with Gasteiger partial charge in [0.2, 0.25) is 0 Å². The number of hydrogen-bond donors (Lipinski definition) is 2. The van der Waals surface area contributed by atoms with Gasteiger partial charge >= 0.3 is 0 Å². The summed E-state index contributed by atoms with van der Waals surface area (Å²) in [6.07, 6.45) is 0. The second kappa shape index (κ2) is 4.25. The fraction of sp³-hybridized carbons (Fsp3) is 0.0769. The summed E-state index contributed by atoms with van der Waals surface area (Å²) in [7, 11) is 0. The number of carbonyl (C=O) groups excluding carboxylic acids is 1. The highest BCUT2D eigenvalue weighted by Gasteiger charge is 2.11. The molecule has 1 amide bonds. The monoisotopic (exact) mass is 228 g/mol. The summed E-state index contributed by atoms with van der Waals surface area (Å²) in [6, 6.07) is 11.0. The number of aromatic amines is 1. The standard InChI is InChI=1S/C13H12N2O2/c1-8-10(9-5-3-2-4-6-9)7-11(12(14)16)13(17)15-8/h2-7H,1H3,(H2,14,16)(H,15,17). The van der Waals surface area contributed by atoms with Gasteiger partial charge in [-0.3, -0.25) is 9.59 Å². The maximum atomic E-state index is 11.5. The molecule has 4 nitrogen and oxygen atoms in total. The van der Waals surface area contributed by atoms with Crippen molar-refractivity contribution < 1.29 is 4.79 Å². The second-order valence-corrected chi connectivity index (χ2v) is 3.78. The van der Waals surface area contributed by atoms with Crippen LogP contribution in [0.2, 0.25) is 0 Å². The van der Waals surface area contributed by atoms with Gasteiger partial charge in [-0.1, -0.05) is 30.3 Å². The maximum Gasteiger partial charge on any atom is 0.261 e. The Balaban J connectivity index is 2.67. The quantitative estimate of drug-likeness (QED) is 0.816. The Morgan fingerprint density at radius 3 is 2.47 bits per heavy atom. The predicted octanol–water partition coefficient (Wildman–Crippen LogP) is 1.45. The van der Waals surface area contributed by atoms with Crippen LogP contribution in [0.1, 0.15) is 16.1 Å². The molecule has 0 aliphatic carbocycles. The van der Waals surface area contributed by atoms with Crippen molar-refractivity contribution in [1.29, 1.82) is 0 Å². The zero-order chi connectivity index (χ0) is 12.4. The van der Waals surface area contributed by atoms with E-state index in [1.807, 2.05) is 30.3 Å². The Hall–Kier alpha value is -2.36. The molecule has 0 saturated heterocycles. The molecule has 1 aromatic heterocycles. The van der Waals surface area contributed by atoms with Crippen molar-refractivity contribution in [1.82, 2.24) is 4.98 Å². The van der Waals surface area contributed by atoms with E-state index >= 15 is 0 Å². The minimum atomic E-state index is -0.719. The molecule has 0 atom stereocenters. The van der Waals surface area contributed by atoms with E-state index in [-0.39, 0.29) is 5.56 Å². The molecule has 3 N–H and O–H groups in total. The zero-order valence-electron chi connectivity index (χ0n) is 9.36. The van der Waals surface area contributed by atoms with E-state index in [9.17, 15) is 9.59 Å². The van der Waals surface area contributed by atoms with Crippen molar-refractivity contribution in [2.45, 2.75) is 6.92 Å². The summed E-state index contributed by atoms with van der Waals surface area (Å²) >= 11 is 0. The van der Waals surface area contributed by atoms with E-state index in [1.165, 1.54) is 6.07 Å². The molecule has 17 heavy (non-hydrogen) atoms. The second-order valence-electron chi connectivity index (χ2n) is 3.78. The van der Waals surface area contributed by atoms with Gasteiger partial charge in [0.1, 0.15) is 5.56 Å². The van der Waals surface area contributed by atoms with E-state index in [1.54, 1.807) is 6.92 Å². The molecule has 0 aliphatic rings. The predicted molar refractivity (Wildman–Crippen MR) is 65.8 cm³/mol. The number of rotatable bonds is 2. The fourth-order valence-electron chi connectivity index (χ4n) is 1.72. The van der Waals surface area contributed by atoms with Crippen LogP contribution >= 0.6 is 0 Å². The molecule has 0 aliphatic heterocycles. The summed E-state index contributed by atoms with van der Waals surface area (Å²) in [5.41, 5.74) is 7.14. The van der Waals surface area contributed by atoms with Crippen LogP contribution in [0.4, 0.5) is 0 Å². The summed E-state index contributed by atoms with van der Waals surface area (Å²) in [4.78, 5) is 25.3. The number of nitrogens with one attached hydrogen (secondary N) is 1. The molecule has 0 spiro atoms. The maximum absolute atomic E-state index is 11.5. The third-order valence-corrected chi connectivity index (χ3v) is 2.59. The number of H-pyrrole nitrogens is 1. The van der Waals surface area contributed by atoms with Crippen LogP contribution in [-0.2, 0) is 0 Å². The highest BCUT2D eigenvalue weighted by molar-refractivity contribution is 5.93. The number of amides is 1. The average molecular weight is 228 g/mol. The van der Waals surface area contributed by atoms with Gasteiger partial charge in [-0.2, -0.15) is 0 Å². The fourth-order valence-corrected chi connectivity index (χ4v) is 1.72. The molecule has 2 aromatic rings. The first-order valence-corrected chi connectivity index (χ1v) is 5.18. The number of nitrogens with two attached hydrogens (primary N) is 1. The lowest BCUT2D eigenvalue weighted by Gasteiger charge is -2.07. The third kappa shape index (κ3) is 2.10. The van der Waals surface area contributed by atoms with Crippen molar-refractivity contribution in [2.24, 2.45) is 5.73 Å². The van der Waals surface area contributed by atoms with Gasteiger partial charge in [0.05, 0.1) is 0 Å². The first kappa shape index (κ1) is 11.1. The minimum absolute atomic E-state index is 0.0190. The minimum Gasteiger partial charge on any atom is -0.365 e. The summed E-state index contributed by atoms with van der Waals surface area (Å²) in [5, 5.41) is 0. The van der Waals surface area contributed by atoms with Gasteiger partial charge in [-0.05, 0) is 18.6 Å². The van der Waals surface area contributed by atoms with Crippen LogP contribution in [0, 0.1) is 6.92 Å². The van der Waals surface area contributed by atoms with Crippen LogP contribution in [0.15, 0.2) is 41.2 Å². The molecule has 2 rings (SSSR count). The summed E-state index contributed by atoms with van der Waals surface area (Å²) in [6.45, 7) is 1.79. The SMILES string of the molecule is Cc1[nH]c(=O)c(C(N)=O)cc1-c1ccccc1. The van der Waals surface area contributed by atoms with Gasteiger partial charge < -0.3 is 10.7 Å². The van der Waals surface area contributed by atoms with Gasteiger partial charge in [-0.15, -0.1) is 0 Å². The van der Waals surface area contributed by atoms with Crippen LogP contribution in [0.5, 0.6) is 0 Å². The molecule has 0 saturated carbocycles.